The Morgan fingerprint density at radius 3 is 2.13 bits per heavy atom. The Morgan fingerprint density at radius 2 is 1.48 bits per heavy atom. The van der Waals surface area contributed by atoms with Crippen LogP contribution in [0.5, 0.6) is 0 Å². The lowest BCUT2D eigenvalue weighted by Gasteiger charge is -2.34. The zero-order valence-electron chi connectivity index (χ0n) is 27.0. The summed E-state index contributed by atoms with van der Waals surface area (Å²) in [5.74, 6) is -1.57. The summed E-state index contributed by atoms with van der Waals surface area (Å²) in [6.07, 6.45) is 0.817. The lowest BCUT2D eigenvalue weighted by atomic mass is 10.0. The van der Waals surface area contributed by atoms with Gasteiger partial charge >= 0.3 is 0 Å². The molecule has 0 aliphatic carbocycles. The van der Waals surface area contributed by atoms with Crippen LogP contribution in [0.25, 0.3) is 0 Å². The SMILES string of the molecule is CC[C@@H](C)NC(=O)[C@@H](Cc1ccccc1)N(Cc1ccccc1F)C(=O)CN(c1cc(C)ccc1C)S(=O)(=O)c1ccc(C)cc1. The third-order valence-electron chi connectivity index (χ3n) is 8.09. The van der Waals surface area contributed by atoms with Crippen LogP contribution in [0, 0.1) is 26.6 Å². The predicted octanol–water partition coefficient (Wildman–Crippen LogP) is 6.50. The Bertz CT molecular complexity index is 1760. The van der Waals surface area contributed by atoms with Crippen LogP contribution in [0.2, 0.25) is 0 Å². The van der Waals surface area contributed by atoms with Crippen molar-refractivity contribution >= 4 is 27.5 Å². The van der Waals surface area contributed by atoms with E-state index < -0.39 is 40.2 Å². The van der Waals surface area contributed by atoms with E-state index in [9.17, 15) is 18.0 Å². The second-order valence-corrected chi connectivity index (χ2v) is 13.6. The van der Waals surface area contributed by atoms with Crippen LogP contribution in [0.4, 0.5) is 10.1 Å². The second kappa shape index (κ2) is 15.2. The van der Waals surface area contributed by atoms with E-state index in [2.05, 4.69) is 5.32 Å². The number of rotatable bonds is 13. The van der Waals surface area contributed by atoms with Crippen LogP contribution in [0.15, 0.2) is 102 Å². The van der Waals surface area contributed by atoms with E-state index >= 15 is 4.39 Å². The second-order valence-electron chi connectivity index (χ2n) is 11.8. The molecule has 4 aromatic rings. The summed E-state index contributed by atoms with van der Waals surface area (Å²) < 4.78 is 44.7. The average Bonchev–Trinajstić information content (AvgIpc) is 3.04. The minimum absolute atomic E-state index is 0.0304. The third kappa shape index (κ3) is 8.40. The highest BCUT2D eigenvalue weighted by molar-refractivity contribution is 7.92. The molecule has 7 nitrogen and oxygen atoms in total. The summed E-state index contributed by atoms with van der Waals surface area (Å²) in [6.45, 7) is 8.47. The summed E-state index contributed by atoms with van der Waals surface area (Å²) in [5.41, 5.74) is 3.73. The van der Waals surface area contributed by atoms with E-state index in [0.717, 1.165) is 21.0 Å². The number of carbonyl (C=O) groups is 2. The van der Waals surface area contributed by atoms with Crippen molar-refractivity contribution in [1.82, 2.24) is 10.2 Å². The fourth-order valence-electron chi connectivity index (χ4n) is 5.14. The van der Waals surface area contributed by atoms with Gasteiger partial charge in [-0.05, 0) is 75.1 Å². The number of halogens is 1. The first-order chi connectivity index (χ1) is 21.9. The highest BCUT2D eigenvalue weighted by atomic mass is 32.2. The number of carbonyl (C=O) groups excluding carboxylic acids is 2. The fourth-order valence-corrected chi connectivity index (χ4v) is 6.61. The van der Waals surface area contributed by atoms with Gasteiger partial charge in [-0.25, -0.2) is 12.8 Å². The van der Waals surface area contributed by atoms with Crippen molar-refractivity contribution < 1.29 is 22.4 Å². The number of benzene rings is 4. The molecule has 0 unspecified atom stereocenters. The highest BCUT2D eigenvalue weighted by Crippen LogP contribution is 2.29. The Kier molecular flexibility index (Phi) is 11.4. The largest absolute Gasteiger partial charge is 0.352 e. The number of hydrogen-bond acceptors (Lipinski definition) is 4. The molecule has 1 N–H and O–H groups in total. The minimum atomic E-state index is -4.24. The van der Waals surface area contributed by atoms with Gasteiger partial charge in [0.2, 0.25) is 11.8 Å². The van der Waals surface area contributed by atoms with Crippen LogP contribution < -0.4 is 9.62 Å². The number of nitrogens with zero attached hydrogens (tertiary/aromatic N) is 2. The Labute approximate surface area is 272 Å². The molecule has 0 fully saturated rings. The molecule has 0 heterocycles. The summed E-state index contributed by atoms with van der Waals surface area (Å²) in [4.78, 5) is 29.8. The van der Waals surface area contributed by atoms with Crippen molar-refractivity contribution in [2.24, 2.45) is 0 Å². The molecule has 0 bridgehead atoms. The molecule has 242 valence electrons. The van der Waals surface area contributed by atoms with Gasteiger partial charge in [0.1, 0.15) is 18.4 Å². The monoisotopic (exact) mass is 643 g/mol. The highest BCUT2D eigenvalue weighted by Gasteiger charge is 2.35. The van der Waals surface area contributed by atoms with E-state index in [-0.39, 0.29) is 29.5 Å². The van der Waals surface area contributed by atoms with Gasteiger partial charge in [0.25, 0.3) is 10.0 Å². The molecular weight excluding hydrogens is 601 g/mol. The van der Waals surface area contributed by atoms with Crippen molar-refractivity contribution in [3.8, 4) is 0 Å². The number of sulfonamides is 1. The predicted molar refractivity (Wildman–Crippen MR) is 180 cm³/mol. The van der Waals surface area contributed by atoms with Gasteiger partial charge in [0.05, 0.1) is 10.6 Å². The number of hydrogen-bond donors (Lipinski definition) is 1. The number of nitrogens with one attached hydrogen (secondary N) is 1. The molecule has 0 radical (unpaired) electrons. The third-order valence-corrected chi connectivity index (χ3v) is 9.87. The summed E-state index contributed by atoms with van der Waals surface area (Å²) >= 11 is 0. The average molecular weight is 644 g/mol. The molecule has 0 aliphatic rings. The standard InChI is InChI=1S/C37H42FN3O4S/c1-6-29(5)39-37(43)35(23-30-12-8-7-9-13-30)40(24-31-14-10-11-15-33(31)38)36(42)25-41(34-22-27(3)16-19-28(34)4)46(44,45)32-20-17-26(2)18-21-32/h7-22,29,35H,6,23-25H2,1-5H3,(H,39,43)/t29-,35-/m1/s1. The van der Waals surface area contributed by atoms with Crippen molar-refractivity contribution in [2.45, 2.75) is 71.0 Å². The Morgan fingerprint density at radius 1 is 0.848 bits per heavy atom. The van der Waals surface area contributed by atoms with Crippen LogP contribution >= 0.6 is 0 Å². The molecule has 0 saturated carbocycles. The van der Waals surface area contributed by atoms with E-state index in [4.69, 9.17) is 0 Å². The lowest BCUT2D eigenvalue weighted by molar-refractivity contribution is -0.140. The van der Waals surface area contributed by atoms with E-state index in [0.29, 0.717) is 17.7 Å². The number of anilines is 1. The molecule has 0 aromatic heterocycles. The topological polar surface area (TPSA) is 86.8 Å². The molecule has 0 spiro atoms. The van der Waals surface area contributed by atoms with Gasteiger partial charge in [-0.1, -0.05) is 85.3 Å². The van der Waals surface area contributed by atoms with Gasteiger partial charge in [0, 0.05) is 24.6 Å². The molecule has 4 rings (SSSR count). The fraction of sp³-hybridized carbons (Fsp3) is 0.297. The van der Waals surface area contributed by atoms with Crippen molar-refractivity contribution in [2.75, 3.05) is 10.8 Å². The van der Waals surface area contributed by atoms with E-state index in [1.807, 2.05) is 70.2 Å². The summed E-state index contributed by atoms with van der Waals surface area (Å²) in [7, 11) is -4.24. The van der Waals surface area contributed by atoms with E-state index in [1.165, 1.54) is 23.1 Å². The summed E-state index contributed by atoms with van der Waals surface area (Å²) in [5, 5.41) is 2.99. The maximum absolute atomic E-state index is 15.1. The zero-order valence-corrected chi connectivity index (χ0v) is 27.9. The van der Waals surface area contributed by atoms with Gasteiger partial charge in [-0.3, -0.25) is 13.9 Å². The molecular formula is C37H42FN3O4S. The first kappa shape index (κ1) is 34.4. The van der Waals surface area contributed by atoms with Crippen LogP contribution in [0.1, 0.15) is 48.1 Å². The maximum atomic E-state index is 15.1. The van der Waals surface area contributed by atoms with Gasteiger partial charge in [0.15, 0.2) is 0 Å². The molecule has 2 atom stereocenters. The van der Waals surface area contributed by atoms with Gasteiger partial charge in [-0.2, -0.15) is 0 Å². The molecule has 4 aromatic carbocycles. The van der Waals surface area contributed by atoms with Crippen molar-refractivity contribution in [3.05, 3.63) is 131 Å². The first-order valence-corrected chi connectivity index (χ1v) is 16.9. The van der Waals surface area contributed by atoms with Crippen molar-refractivity contribution in [1.29, 1.82) is 0 Å². The van der Waals surface area contributed by atoms with Crippen LogP contribution in [-0.2, 0) is 32.6 Å². The molecule has 46 heavy (non-hydrogen) atoms. The van der Waals surface area contributed by atoms with Gasteiger partial charge in [-0.15, -0.1) is 0 Å². The smallest absolute Gasteiger partial charge is 0.264 e. The first-order valence-electron chi connectivity index (χ1n) is 15.4. The van der Waals surface area contributed by atoms with Crippen LogP contribution in [0.3, 0.4) is 0 Å². The molecule has 2 amide bonds. The minimum Gasteiger partial charge on any atom is -0.352 e. The van der Waals surface area contributed by atoms with Crippen LogP contribution in [-0.4, -0.2) is 43.8 Å². The molecule has 0 aliphatic heterocycles. The summed E-state index contributed by atoms with van der Waals surface area (Å²) in [6, 6.07) is 26.0. The maximum Gasteiger partial charge on any atom is 0.264 e. The lowest BCUT2D eigenvalue weighted by Crippen LogP contribution is -2.54. The zero-order chi connectivity index (χ0) is 33.4. The normalized spacial score (nSPS) is 12.7. The van der Waals surface area contributed by atoms with E-state index in [1.54, 1.807) is 43.3 Å². The quantitative estimate of drug-likeness (QED) is 0.180. The van der Waals surface area contributed by atoms with Crippen molar-refractivity contribution in [3.63, 3.8) is 0 Å². The molecule has 9 heteroatoms. The Hall–Kier alpha value is -4.50. The number of amides is 2. The van der Waals surface area contributed by atoms with Gasteiger partial charge < -0.3 is 10.2 Å². The molecule has 0 saturated heterocycles. The number of aryl methyl sites for hydroxylation is 3. The Balaban J connectivity index is 1.85.